The lowest BCUT2D eigenvalue weighted by atomic mass is 9.69. The van der Waals surface area contributed by atoms with Gasteiger partial charge in [0, 0.05) is 6.42 Å². The van der Waals surface area contributed by atoms with Gasteiger partial charge in [0.1, 0.15) is 5.41 Å². The molecule has 1 aliphatic carbocycles. The van der Waals surface area contributed by atoms with E-state index in [0.717, 1.165) is 18.4 Å². The number of hydrogen-bond acceptors (Lipinski definition) is 3. The minimum absolute atomic E-state index is 0.0379. The fourth-order valence-electron chi connectivity index (χ4n) is 2.35. The van der Waals surface area contributed by atoms with E-state index in [1.54, 1.807) is 11.9 Å². The second kappa shape index (κ2) is 6.34. The Balaban J connectivity index is 2.98. The monoisotopic (exact) mass is 302 g/mol. The number of Topliss-reactive ketones (excluding diaryl/α,β-unsaturated/α-hetero) is 1. The molecule has 1 rings (SSSR count). The second-order valence-electron chi connectivity index (χ2n) is 4.57. The fraction of sp³-hybridized carbons (Fsp3) is 0.692. The predicted octanol–water partition coefficient (Wildman–Crippen LogP) is 3.37. The van der Waals surface area contributed by atoms with Gasteiger partial charge >= 0.3 is 5.97 Å². The van der Waals surface area contributed by atoms with Crippen LogP contribution in [0.15, 0.2) is 10.6 Å². The Labute approximate surface area is 111 Å². The maximum Gasteiger partial charge on any atom is 0.319 e. The van der Waals surface area contributed by atoms with Crippen LogP contribution in [0, 0.1) is 5.41 Å². The van der Waals surface area contributed by atoms with Gasteiger partial charge in [-0.2, -0.15) is 0 Å². The van der Waals surface area contributed by atoms with Gasteiger partial charge in [-0.3, -0.25) is 9.59 Å². The molecule has 1 fully saturated rings. The van der Waals surface area contributed by atoms with E-state index in [9.17, 15) is 9.59 Å². The lowest BCUT2D eigenvalue weighted by molar-refractivity contribution is -0.162. The van der Waals surface area contributed by atoms with E-state index in [2.05, 4.69) is 15.9 Å². The summed E-state index contributed by atoms with van der Waals surface area (Å²) in [5.74, 6) is -0.311. The van der Waals surface area contributed by atoms with E-state index < -0.39 is 5.41 Å². The number of carbonyl (C=O) groups excluding carboxylic acids is 2. The van der Waals surface area contributed by atoms with Crippen molar-refractivity contribution in [3.63, 3.8) is 0 Å². The fourth-order valence-corrected chi connectivity index (χ4v) is 2.51. The molecular formula is C13H19BrO3. The van der Waals surface area contributed by atoms with E-state index in [-0.39, 0.29) is 11.8 Å². The van der Waals surface area contributed by atoms with Crippen molar-refractivity contribution in [2.24, 2.45) is 5.41 Å². The number of halogens is 1. The van der Waals surface area contributed by atoms with Crippen LogP contribution < -0.4 is 0 Å². The Hall–Kier alpha value is -0.640. The van der Waals surface area contributed by atoms with Crippen LogP contribution in [0.3, 0.4) is 0 Å². The highest BCUT2D eigenvalue weighted by Crippen LogP contribution is 2.40. The summed E-state index contributed by atoms with van der Waals surface area (Å²) in [6.45, 7) is 4.01. The van der Waals surface area contributed by atoms with E-state index >= 15 is 0 Å². The number of hydrogen-bond donors (Lipinski definition) is 0. The van der Waals surface area contributed by atoms with Crippen LogP contribution >= 0.6 is 15.9 Å². The molecule has 1 saturated carbocycles. The molecule has 17 heavy (non-hydrogen) atoms. The number of ketones is 1. The Morgan fingerprint density at radius 2 is 2.24 bits per heavy atom. The number of rotatable bonds is 4. The summed E-state index contributed by atoms with van der Waals surface area (Å²) < 4.78 is 5.10. The van der Waals surface area contributed by atoms with Gasteiger partial charge in [-0.05, 0) is 38.1 Å². The third kappa shape index (κ3) is 3.18. The van der Waals surface area contributed by atoms with Crippen LogP contribution in [0.1, 0.15) is 46.0 Å². The summed E-state index contributed by atoms with van der Waals surface area (Å²) >= 11 is 3.25. The average molecular weight is 303 g/mol. The van der Waals surface area contributed by atoms with E-state index in [1.165, 1.54) is 0 Å². The molecule has 0 bridgehead atoms. The van der Waals surface area contributed by atoms with E-state index in [4.69, 9.17) is 4.74 Å². The van der Waals surface area contributed by atoms with Crippen molar-refractivity contribution < 1.29 is 14.3 Å². The topological polar surface area (TPSA) is 43.4 Å². The molecular weight excluding hydrogens is 284 g/mol. The molecule has 1 aliphatic rings. The molecule has 1 atom stereocenters. The Kier molecular flexibility index (Phi) is 5.37. The van der Waals surface area contributed by atoms with Crippen LogP contribution in [0.5, 0.6) is 0 Å². The maximum atomic E-state index is 12.1. The van der Waals surface area contributed by atoms with Crippen LogP contribution in [-0.4, -0.2) is 18.4 Å². The van der Waals surface area contributed by atoms with Crippen molar-refractivity contribution in [2.45, 2.75) is 46.0 Å². The normalized spacial score (nSPS) is 25.8. The van der Waals surface area contributed by atoms with Gasteiger partial charge in [0.2, 0.25) is 0 Å². The molecule has 0 aromatic heterocycles. The Bertz CT molecular complexity index is 336. The summed E-state index contributed by atoms with van der Waals surface area (Å²) in [7, 11) is 0. The van der Waals surface area contributed by atoms with Gasteiger partial charge in [0.15, 0.2) is 5.78 Å². The van der Waals surface area contributed by atoms with Gasteiger partial charge in [0.25, 0.3) is 0 Å². The standard InChI is InChI=1S/C13H19BrO3/c1-3-17-12(16)13(8-10(2)9-14)7-5-4-6-11(13)15/h9H,3-8H2,1-2H3/b10-9+. The molecule has 96 valence electrons. The molecule has 0 N–H and O–H groups in total. The van der Waals surface area contributed by atoms with Crippen LogP contribution in [0.2, 0.25) is 0 Å². The summed E-state index contributed by atoms with van der Waals surface area (Å²) in [5.41, 5.74) is 0.0658. The molecule has 0 radical (unpaired) electrons. The van der Waals surface area contributed by atoms with Gasteiger partial charge < -0.3 is 4.74 Å². The maximum absolute atomic E-state index is 12.1. The van der Waals surface area contributed by atoms with Gasteiger partial charge in [-0.25, -0.2) is 0 Å². The molecule has 4 heteroatoms. The smallest absolute Gasteiger partial charge is 0.319 e. The number of esters is 1. The van der Waals surface area contributed by atoms with E-state index in [0.29, 0.717) is 25.9 Å². The van der Waals surface area contributed by atoms with Crippen molar-refractivity contribution >= 4 is 27.7 Å². The molecule has 0 spiro atoms. The molecule has 0 aromatic carbocycles. The summed E-state index contributed by atoms with van der Waals surface area (Å²) in [6.07, 6.45) is 3.38. The van der Waals surface area contributed by atoms with Crippen LogP contribution in [-0.2, 0) is 14.3 Å². The zero-order valence-corrected chi connectivity index (χ0v) is 12.0. The zero-order valence-electron chi connectivity index (χ0n) is 10.4. The highest BCUT2D eigenvalue weighted by atomic mass is 79.9. The first kappa shape index (κ1) is 14.4. The van der Waals surface area contributed by atoms with Crippen LogP contribution in [0.4, 0.5) is 0 Å². The van der Waals surface area contributed by atoms with E-state index in [1.807, 2.05) is 6.92 Å². The molecule has 0 aromatic rings. The lowest BCUT2D eigenvalue weighted by Crippen LogP contribution is -2.43. The van der Waals surface area contributed by atoms with Crippen molar-refractivity contribution in [1.29, 1.82) is 0 Å². The Morgan fingerprint density at radius 1 is 1.53 bits per heavy atom. The summed E-state index contributed by atoms with van der Waals surface area (Å²) in [4.78, 5) is 26.0. The van der Waals surface area contributed by atoms with Gasteiger partial charge in [-0.1, -0.05) is 27.9 Å². The van der Waals surface area contributed by atoms with Crippen molar-refractivity contribution in [2.75, 3.05) is 6.61 Å². The number of allylic oxidation sites excluding steroid dienone is 1. The first-order valence-corrected chi connectivity index (χ1v) is 6.94. The van der Waals surface area contributed by atoms with Crippen molar-refractivity contribution in [1.82, 2.24) is 0 Å². The zero-order chi connectivity index (χ0) is 12.9. The minimum Gasteiger partial charge on any atom is -0.465 e. The molecule has 0 amide bonds. The predicted molar refractivity (Wildman–Crippen MR) is 69.8 cm³/mol. The third-order valence-electron chi connectivity index (χ3n) is 3.22. The second-order valence-corrected chi connectivity index (χ2v) is 5.02. The van der Waals surface area contributed by atoms with Crippen molar-refractivity contribution in [3.05, 3.63) is 10.6 Å². The van der Waals surface area contributed by atoms with Crippen LogP contribution in [0.25, 0.3) is 0 Å². The SMILES string of the molecule is CCOC(=O)C1(C/C(C)=C/Br)CCCCC1=O. The molecule has 0 heterocycles. The molecule has 0 aliphatic heterocycles. The number of carbonyl (C=O) groups is 2. The average Bonchev–Trinajstić information content (AvgIpc) is 2.32. The van der Waals surface area contributed by atoms with Gasteiger partial charge in [0.05, 0.1) is 6.61 Å². The largest absolute Gasteiger partial charge is 0.465 e. The quantitative estimate of drug-likeness (QED) is 0.591. The summed E-state index contributed by atoms with van der Waals surface area (Å²) in [6, 6.07) is 0. The first-order chi connectivity index (χ1) is 8.06. The Morgan fingerprint density at radius 3 is 2.76 bits per heavy atom. The molecule has 0 saturated heterocycles. The first-order valence-electron chi connectivity index (χ1n) is 6.03. The lowest BCUT2D eigenvalue weighted by Gasteiger charge is -2.33. The highest BCUT2D eigenvalue weighted by molar-refractivity contribution is 9.11. The summed E-state index contributed by atoms with van der Waals surface area (Å²) in [5, 5.41) is 0. The molecule has 3 nitrogen and oxygen atoms in total. The number of ether oxygens (including phenoxy) is 1. The third-order valence-corrected chi connectivity index (χ3v) is 4.01. The van der Waals surface area contributed by atoms with Crippen molar-refractivity contribution in [3.8, 4) is 0 Å². The van der Waals surface area contributed by atoms with Gasteiger partial charge in [-0.15, -0.1) is 0 Å². The highest BCUT2D eigenvalue weighted by Gasteiger charge is 2.47. The minimum atomic E-state index is -0.928. The molecule has 1 unspecified atom stereocenters.